The highest BCUT2D eigenvalue weighted by atomic mass is 35.5. The normalized spacial score (nSPS) is 13.6. The molecule has 3 heterocycles. The van der Waals surface area contributed by atoms with Crippen LogP contribution < -0.4 is 15.6 Å². The van der Waals surface area contributed by atoms with E-state index >= 15 is 0 Å². The fourth-order valence-electron chi connectivity index (χ4n) is 4.87. The first-order chi connectivity index (χ1) is 17.1. The molecule has 0 fully saturated rings. The number of aromatic nitrogens is 1. The fourth-order valence-corrected chi connectivity index (χ4v) is 5.02. The SMILES string of the molecule is Cc1ccc2c(c1)CN(c1oc3c(C(C)Nc4ccc(Cl)nc4C(=O)O)cc(C)cc3c(=O)c1C)C2. The number of aromatic carboxylic acids is 1. The van der Waals surface area contributed by atoms with Gasteiger partial charge in [0.25, 0.3) is 0 Å². The van der Waals surface area contributed by atoms with Crippen LogP contribution in [0.25, 0.3) is 11.0 Å². The van der Waals surface area contributed by atoms with E-state index in [-0.39, 0.29) is 22.3 Å². The lowest BCUT2D eigenvalue weighted by Gasteiger charge is -2.22. The highest BCUT2D eigenvalue weighted by Crippen LogP contribution is 2.35. The van der Waals surface area contributed by atoms with Crippen LogP contribution in [0.2, 0.25) is 5.15 Å². The molecule has 1 atom stereocenters. The highest BCUT2D eigenvalue weighted by Gasteiger charge is 2.26. The quantitative estimate of drug-likeness (QED) is 0.315. The molecule has 36 heavy (non-hydrogen) atoms. The van der Waals surface area contributed by atoms with Gasteiger partial charge in [0.05, 0.1) is 22.7 Å². The van der Waals surface area contributed by atoms with Gasteiger partial charge in [-0.05, 0) is 62.6 Å². The summed E-state index contributed by atoms with van der Waals surface area (Å²) in [5, 5.41) is 13.4. The van der Waals surface area contributed by atoms with Gasteiger partial charge in [0.1, 0.15) is 10.7 Å². The van der Waals surface area contributed by atoms with E-state index in [0.717, 1.165) is 11.1 Å². The summed E-state index contributed by atoms with van der Waals surface area (Å²) in [4.78, 5) is 31.2. The summed E-state index contributed by atoms with van der Waals surface area (Å²) in [6, 6.07) is 12.9. The molecule has 2 N–H and O–H groups in total. The summed E-state index contributed by atoms with van der Waals surface area (Å²) in [6.45, 7) is 9.02. The van der Waals surface area contributed by atoms with Crippen molar-refractivity contribution in [2.24, 2.45) is 0 Å². The van der Waals surface area contributed by atoms with Crippen LogP contribution in [0, 0.1) is 20.8 Å². The molecule has 1 aliphatic rings. The summed E-state index contributed by atoms with van der Waals surface area (Å²) in [7, 11) is 0. The summed E-state index contributed by atoms with van der Waals surface area (Å²) in [5.41, 5.74) is 6.44. The lowest BCUT2D eigenvalue weighted by atomic mass is 10.00. The van der Waals surface area contributed by atoms with Gasteiger partial charge >= 0.3 is 5.97 Å². The van der Waals surface area contributed by atoms with Crippen molar-refractivity contribution in [3.8, 4) is 0 Å². The van der Waals surface area contributed by atoms with Crippen molar-refractivity contribution in [2.75, 3.05) is 10.2 Å². The first kappa shape index (κ1) is 23.9. The minimum absolute atomic E-state index is 0.0741. The third-order valence-electron chi connectivity index (χ3n) is 6.64. The van der Waals surface area contributed by atoms with Crippen molar-refractivity contribution in [3.63, 3.8) is 0 Å². The van der Waals surface area contributed by atoms with E-state index in [2.05, 4.69) is 40.3 Å². The van der Waals surface area contributed by atoms with E-state index in [9.17, 15) is 14.7 Å². The Morgan fingerprint density at radius 3 is 2.58 bits per heavy atom. The maximum atomic E-state index is 13.5. The number of hydrogen-bond donors (Lipinski definition) is 2. The topological polar surface area (TPSA) is 95.7 Å². The maximum Gasteiger partial charge on any atom is 0.356 e. The van der Waals surface area contributed by atoms with Crippen molar-refractivity contribution < 1.29 is 14.3 Å². The first-order valence-corrected chi connectivity index (χ1v) is 12.1. The zero-order valence-electron chi connectivity index (χ0n) is 20.5. The summed E-state index contributed by atoms with van der Waals surface area (Å²) < 4.78 is 6.49. The van der Waals surface area contributed by atoms with Gasteiger partial charge in [0, 0.05) is 18.7 Å². The molecule has 0 amide bonds. The Hall–Kier alpha value is -3.84. The minimum Gasteiger partial charge on any atom is -0.476 e. The van der Waals surface area contributed by atoms with E-state index in [0.29, 0.717) is 41.2 Å². The number of fused-ring (bicyclic) bond motifs is 2. The Morgan fingerprint density at radius 1 is 1.08 bits per heavy atom. The largest absolute Gasteiger partial charge is 0.476 e. The number of benzene rings is 2. The number of nitrogens with one attached hydrogen (secondary N) is 1. The van der Waals surface area contributed by atoms with E-state index in [1.807, 2.05) is 26.0 Å². The molecular formula is C28H26ClN3O4. The summed E-state index contributed by atoms with van der Waals surface area (Å²) >= 11 is 5.91. The van der Waals surface area contributed by atoms with Gasteiger partial charge in [0.15, 0.2) is 11.1 Å². The standard InChI is InChI=1S/C28H26ClN3O4/c1-14-5-6-18-12-32(13-19(18)9-14)27-16(3)25(33)21-11-15(2)10-20(26(21)36-27)17(4)30-22-7-8-23(29)31-24(22)28(34)35/h5-11,17,30H,12-13H2,1-4H3,(H,34,35). The number of pyridine rings is 1. The fraction of sp³-hybridized carbons (Fsp3) is 0.250. The molecule has 0 radical (unpaired) electrons. The highest BCUT2D eigenvalue weighted by molar-refractivity contribution is 6.29. The van der Waals surface area contributed by atoms with E-state index < -0.39 is 5.97 Å². The molecular weight excluding hydrogens is 478 g/mol. The van der Waals surface area contributed by atoms with Crippen LogP contribution in [0.4, 0.5) is 11.6 Å². The van der Waals surface area contributed by atoms with Crippen molar-refractivity contribution >= 4 is 40.1 Å². The third-order valence-corrected chi connectivity index (χ3v) is 6.85. The zero-order chi connectivity index (χ0) is 25.7. The summed E-state index contributed by atoms with van der Waals surface area (Å²) in [6.07, 6.45) is 0. The van der Waals surface area contributed by atoms with Crippen LogP contribution >= 0.6 is 11.6 Å². The van der Waals surface area contributed by atoms with Gasteiger partial charge in [-0.2, -0.15) is 0 Å². The Bertz CT molecular complexity index is 1590. The molecule has 1 unspecified atom stereocenters. The predicted molar refractivity (Wildman–Crippen MR) is 141 cm³/mol. The van der Waals surface area contributed by atoms with Crippen molar-refractivity contribution in [1.82, 2.24) is 4.98 Å². The predicted octanol–water partition coefficient (Wildman–Crippen LogP) is 6.16. The molecule has 2 aromatic carbocycles. The number of carboxylic acids is 1. The monoisotopic (exact) mass is 503 g/mol. The molecule has 0 aliphatic carbocycles. The van der Waals surface area contributed by atoms with Gasteiger partial charge in [-0.25, -0.2) is 9.78 Å². The van der Waals surface area contributed by atoms with Crippen molar-refractivity contribution in [3.05, 3.63) is 96.9 Å². The lowest BCUT2D eigenvalue weighted by Crippen LogP contribution is -2.20. The van der Waals surface area contributed by atoms with Gasteiger partial charge < -0.3 is 19.7 Å². The number of hydrogen-bond acceptors (Lipinski definition) is 6. The molecule has 0 saturated carbocycles. The molecule has 0 bridgehead atoms. The number of rotatable bonds is 5. The van der Waals surface area contributed by atoms with E-state index in [1.165, 1.54) is 22.8 Å². The minimum atomic E-state index is -1.19. The third kappa shape index (κ3) is 4.20. The second-order valence-electron chi connectivity index (χ2n) is 9.42. The number of halogens is 1. The van der Waals surface area contributed by atoms with Crippen LogP contribution in [-0.2, 0) is 13.1 Å². The Labute approximate surface area is 213 Å². The first-order valence-electron chi connectivity index (χ1n) is 11.7. The number of carboxylic acid groups (broad SMARTS) is 1. The molecule has 0 saturated heterocycles. The van der Waals surface area contributed by atoms with Crippen LogP contribution in [0.1, 0.15) is 56.8 Å². The van der Waals surface area contributed by atoms with Crippen LogP contribution in [0.5, 0.6) is 0 Å². The van der Waals surface area contributed by atoms with Crippen LogP contribution in [0.15, 0.2) is 51.7 Å². The number of carbonyl (C=O) groups is 1. The second-order valence-corrected chi connectivity index (χ2v) is 9.81. The van der Waals surface area contributed by atoms with Crippen LogP contribution in [0.3, 0.4) is 0 Å². The lowest BCUT2D eigenvalue weighted by molar-refractivity contribution is 0.0691. The van der Waals surface area contributed by atoms with Crippen molar-refractivity contribution in [2.45, 2.75) is 46.8 Å². The Kier molecular flexibility index (Phi) is 5.96. The molecule has 4 aromatic rings. The molecule has 2 aromatic heterocycles. The smallest absolute Gasteiger partial charge is 0.356 e. The van der Waals surface area contributed by atoms with Gasteiger partial charge in [-0.3, -0.25) is 4.79 Å². The maximum absolute atomic E-state index is 13.5. The number of aryl methyl sites for hydroxylation is 2. The van der Waals surface area contributed by atoms with E-state index in [1.54, 1.807) is 13.0 Å². The average molecular weight is 504 g/mol. The van der Waals surface area contributed by atoms with Gasteiger partial charge in [0.2, 0.25) is 5.88 Å². The summed E-state index contributed by atoms with van der Waals surface area (Å²) in [5.74, 6) is -0.632. The molecule has 8 heteroatoms. The molecule has 1 aliphatic heterocycles. The molecule has 184 valence electrons. The van der Waals surface area contributed by atoms with Gasteiger partial charge in [-0.1, -0.05) is 41.4 Å². The Morgan fingerprint density at radius 2 is 1.83 bits per heavy atom. The Balaban J connectivity index is 1.60. The van der Waals surface area contributed by atoms with E-state index in [4.69, 9.17) is 16.0 Å². The molecule has 5 rings (SSSR count). The van der Waals surface area contributed by atoms with Crippen molar-refractivity contribution in [1.29, 1.82) is 0 Å². The number of nitrogens with zero attached hydrogens (tertiary/aromatic N) is 2. The number of anilines is 2. The zero-order valence-corrected chi connectivity index (χ0v) is 21.2. The second kappa shape index (κ2) is 8.99. The molecule has 7 nitrogen and oxygen atoms in total. The van der Waals surface area contributed by atoms with Gasteiger partial charge in [-0.15, -0.1) is 0 Å². The average Bonchev–Trinajstić information content (AvgIpc) is 3.25. The van der Waals surface area contributed by atoms with Crippen LogP contribution in [-0.4, -0.2) is 16.1 Å². The molecule has 0 spiro atoms.